The summed E-state index contributed by atoms with van der Waals surface area (Å²) in [5.41, 5.74) is 2.32. The maximum Gasteiger partial charge on any atom is 0.0572 e. The highest BCUT2D eigenvalue weighted by molar-refractivity contribution is 5.45. The molecular formula is C17H29N3O. The highest BCUT2D eigenvalue weighted by Crippen LogP contribution is 2.25. The molecule has 1 aromatic heterocycles. The Hall–Kier alpha value is -1.13. The van der Waals surface area contributed by atoms with Gasteiger partial charge >= 0.3 is 0 Å². The summed E-state index contributed by atoms with van der Waals surface area (Å²) in [7, 11) is 0. The first kappa shape index (κ1) is 16.2. The Balaban J connectivity index is 1.94. The van der Waals surface area contributed by atoms with E-state index in [0.29, 0.717) is 18.6 Å². The van der Waals surface area contributed by atoms with Crippen molar-refractivity contribution in [2.75, 3.05) is 31.1 Å². The van der Waals surface area contributed by atoms with E-state index in [0.717, 1.165) is 38.2 Å². The molecule has 1 aliphatic heterocycles. The lowest BCUT2D eigenvalue weighted by atomic mass is 9.95. The molecule has 4 nitrogen and oxygen atoms in total. The van der Waals surface area contributed by atoms with Gasteiger partial charge in [-0.25, -0.2) is 0 Å². The Labute approximate surface area is 128 Å². The summed E-state index contributed by atoms with van der Waals surface area (Å²) < 4.78 is 0. The summed E-state index contributed by atoms with van der Waals surface area (Å²) in [4.78, 5) is 7.03. The molecule has 2 N–H and O–H groups in total. The molecule has 1 aliphatic rings. The van der Waals surface area contributed by atoms with E-state index in [1.165, 1.54) is 18.5 Å². The molecule has 1 saturated heterocycles. The molecule has 118 valence electrons. The minimum Gasteiger partial charge on any atom is -0.396 e. The van der Waals surface area contributed by atoms with E-state index < -0.39 is 0 Å². The normalized spacial score (nSPS) is 20.5. The SMILES string of the molecule is CCCNC(C)c1ccc(N2CCCC(CCO)C2)cn1. The van der Waals surface area contributed by atoms with E-state index in [9.17, 15) is 0 Å². The monoisotopic (exact) mass is 291 g/mol. The van der Waals surface area contributed by atoms with Crippen LogP contribution in [0, 0.1) is 5.92 Å². The van der Waals surface area contributed by atoms with Gasteiger partial charge in [-0.1, -0.05) is 6.92 Å². The van der Waals surface area contributed by atoms with Crippen LogP contribution in [0.4, 0.5) is 5.69 Å². The van der Waals surface area contributed by atoms with E-state index in [2.05, 4.69) is 41.2 Å². The minimum absolute atomic E-state index is 0.302. The fraction of sp³-hybridized carbons (Fsp3) is 0.706. The lowest BCUT2D eigenvalue weighted by Gasteiger charge is -2.34. The number of hydrogen-bond donors (Lipinski definition) is 2. The number of aliphatic hydroxyl groups is 1. The van der Waals surface area contributed by atoms with Gasteiger partial charge in [0.15, 0.2) is 0 Å². The molecule has 0 saturated carbocycles. The number of hydrogen-bond acceptors (Lipinski definition) is 4. The number of piperidine rings is 1. The first-order valence-electron chi connectivity index (χ1n) is 8.29. The summed E-state index contributed by atoms with van der Waals surface area (Å²) in [6, 6.07) is 4.63. The van der Waals surface area contributed by atoms with Crippen LogP contribution in [0.5, 0.6) is 0 Å². The molecule has 1 fully saturated rings. The highest BCUT2D eigenvalue weighted by atomic mass is 16.3. The van der Waals surface area contributed by atoms with E-state index in [1.807, 2.05) is 6.20 Å². The summed E-state index contributed by atoms with van der Waals surface area (Å²) in [6.45, 7) is 7.82. The van der Waals surface area contributed by atoms with Crippen LogP contribution in [0.1, 0.15) is 51.3 Å². The Kier molecular flexibility index (Phi) is 6.46. The van der Waals surface area contributed by atoms with E-state index in [4.69, 9.17) is 5.11 Å². The zero-order valence-corrected chi connectivity index (χ0v) is 13.4. The molecule has 0 amide bonds. The van der Waals surface area contributed by atoms with Crippen molar-refractivity contribution in [1.82, 2.24) is 10.3 Å². The molecular weight excluding hydrogens is 262 g/mol. The Bertz CT molecular complexity index is 405. The van der Waals surface area contributed by atoms with Crippen molar-refractivity contribution in [1.29, 1.82) is 0 Å². The van der Waals surface area contributed by atoms with Gasteiger partial charge in [0.25, 0.3) is 0 Å². The molecule has 0 bridgehead atoms. The average Bonchev–Trinajstić information content (AvgIpc) is 2.53. The molecule has 0 aromatic carbocycles. The van der Waals surface area contributed by atoms with E-state index >= 15 is 0 Å². The minimum atomic E-state index is 0.302. The third-order valence-corrected chi connectivity index (χ3v) is 4.34. The Morgan fingerprint density at radius 3 is 3.00 bits per heavy atom. The van der Waals surface area contributed by atoms with Gasteiger partial charge in [-0.2, -0.15) is 0 Å². The zero-order valence-electron chi connectivity index (χ0n) is 13.4. The van der Waals surface area contributed by atoms with E-state index in [1.54, 1.807) is 0 Å². The summed E-state index contributed by atoms with van der Waals surface area (Å²) in [5.74, 6) is 0.619. The number of nitrogens with one attached hydrogen (secondary N) is 1. The summed E-state index contributed by atoms with van der Waals surface area (Å²) in [6.07, 6.45) is 6.50. The fourth-order valence-corrected chi connectivity index (χ4v) is 3.02. The molecule has 0 aliphatic carbocycles. The van der Waals surface area contributed by atoms with Crippen molar-refractivity contribution >= 4 is 5.69 Å². The standard InChI is InChI=1S/C17H29N3O/c1-3-9-18-14(2)17-7-6-16(12-19-17)20-10-4-5-15(13-20)8-11-21/h6-7,12,14-15,18,21H,3-5,8-11,13H2,1-2H3. The summed E-state index contributed by atoms with van der Waals surface area (Å²) >= 11 is 0. The maximum absolute atomic E-state index is 9.11. The third kappa shape index (κ3) is 4.68. The molecule has 0 spiro atoms. The van der Waals surface area contributed by atoms with Gasteiger partial charge < -0.3 is 15.3 Å². The fourth-order valence-electron chi connectivity index (χ4n) is 3.02. The number of aromatic nitrogens is 1. The van der Waals surface area contributed by atoms with Gasteiger partial charge in [-0.3, -0.25) is 4.98 Å². The van der Waals surface area contributed by atoms with Crippen molar-refractivity contribution in [2.45, 2.75) is 45.6 Å². The largest absolute Gasteiger partial charge is 0.396 e. The highest BCUT2D eigenvalue weighted by Gasteiger charge is 2.20. The van der Waals surface area contributed by atoms with E-state index in [-0.39, 0.29) is 0 Å². The molecule has 2 rings (SSSR count). The molecule has 1 aromatic rings. The third-order valence-electron chi connectivity index (χ3n) is 4.34. The van der Waals surface area contributed by atoms with Crippen molar-refractivity contribution < 1.29 is 5.11 Å². The van der Waals surface area contributed by atoms with Crippen LogP contribution < -0.4 is 10.2 Å². The maximum atomic E-state index is 9.11. The van der Waals surface area contributed by atoms with Crippen molar-refractivity contribution in [3.05, 3.63) is 24.0 Å². The molecule has 2 atom stereocenters. The zero-order chi connectivity index (χ0) is 15.1. The second-order valence-electron chi connectivity index (χ2n) is 6.08. The van der Waals surface area contributed by atoms with Gasteiger partial charge in [-0.15, -0.1) is 0 Å². The van der Waals surface area contributed by atoms with Crippen LogP contribution in [0.25, 0.3) is 0 Å². The Morgan fingerprint density at radius 2 is 2.33 bits per heavy atom. The van der Waals surface area contributed by atoms with Gasteiger partial charge in [0, 0.05) is 25.7 Å². The molecule has 2 heterocycles. The summed E-state index contributed by atoms with van der Waals surface area (Å²) in [5, 5.41) is 12.6. The predicted octanol–water partition coefficient (Wildman–Crippen LogP) is 2.74. The first-order chi connectivity index (χ1) is 10.2. The van der Waals surface area contributed by atoms with Crippen LogP contribution in [0.3, 0.4) is 0 Å². The smallest absolute Gasteiger partial charge is 0.0572 e. The molecule has 0 radical (unpaired) electrons. The molecule has 21 heavy (non-hydrogen) atoms. The lowest BCUT2D eigenvalue weighted by molar-refractivity contribution is 0.244. The van der Waals surface area contributed by atoms with Crippen molar-refractivity contribution in [2.24, 2.45) is 5.92 Å². The Morgan fingerprint density at radius 1 is 1.48 bits per heavy atom. The van der Waals surface area contributed by atoms with Gasteiger partial charge in [0.1, 0.15) is 0 Å². The average molecular weight is 291 g/mol. The number of pyridine rings is 1. The number of nitrogens with zero attached hydrogens (tertiary/aromatic N) is 2. The van der Waals surface area contributed by atoms with Crippen LogP contribution >= 0.6 is 0 Å². The van der Waals surface area contributed by atoms with Crippen molar-refractivity contribution in [3.63, 3.8) is 0 Å². The topological polar surface area (TPSA) is 48.4 Å². The number of rotatable bonds is 7. The quantitative estimate of drug-likeness (QED) is 0.811. The van der Waals surface area contributed by atoms with Crippen molar-refractivity contribution in [3.8, 4) is 0 Å². The number of anilines is 1. The second-order valence-corrected chi connectivity index (χ2v) is 6.08. The van der Waals surface area contributed by atoms with Gasteiger partial charge in [0.05, 0.1) is 17.6 Å². The lowest BCUT2D eigenvalue weighted by Crippen LogP contribution is -2.35. The molecule has 2 unspecified atom stereocenters. The predicted molar refractivity (Wildman–Crippen MR) is 87.6 cm³/mol. The van der Waals surface area contributed by atoms with Crippen LogP contribution in [-0.4, -0.2) is 36.3 Å². The molecule has 4 heteroatoms. The van der Waals surface area contributed by atoms with Gasteiger partial charge in [0.2, 0.25) is 0 Å². The van der Waals surface area contributed by atoms with Crippen LogP contribution in [0.2, 0.25) is 0 Å². The van der Waals surface area contributed by atoms with Crippen LogP contribution in [-0.2, 0) is 0 Å². The number of aliphatic hydroxyl groups excluding tert-OH is 1. The first-order valence-corrected chi connectivity index (χ1v) is 8.29. The van der Waals surface area contributed by atoms with Gasteiger partial charge in [-0.05, 0) is 57.2 Å². The second kappa shape index (κ2) is 8.35. The van der Waals surface area contributed by atoms with Crippen LogP contribution in [0.15, 0.2) is 18.3 Å².